The van der Waals surface area contributed by atoms with E-state index in [4.69, 9.17) is 4.74 Å². The van der Waals surface area contributed by atoms with Crippen molar-refractivity contribution in [3.8, 4) is 5.75 Å². The summed E-state index contributed by atoms with van der Waals surface area (Å²) in [5.74, 6) is 0.119. The van der Waals surface area contributed by atoms with Gasteiger partial charge in [0.05, 0.1) is 6.10 Å². The second-order valence-electron chi connectivity index (χ2n) is 8.62. The van der Waals surface area contributed by atoms with Crippen LogP contribution in [0.15, 0.2) is 36.4 Å². The molecule has 2 N–H and O–H groups in total. The third-order valence-corrected chi connectivity index (χ3v) is 6.53. The van der Waals surface area contributed by atoms with Gasteiger partial charge in [-0.15, -0.1) is 0 Å². The summed E-state index contributed by atoms with van der Waals surface area (Å²) in [5.41, 5.74) is 2.84. The summed E-state index contributed by atoms with van der Waals surface area (Å²) in [5, 5.41) is 21.2. The van der Waals surface area contributed by atoms with E-state index in [0.717, 1.165) is 23.1 Å². The van der Waals surface area contributed by atoms with E-state index in [2.05, 4.69) is 9.39 Å². The van der Waals surface area contributed by atoms with Gasteiger partial charge in [0.1, 0.15) is 29.6 Å². The highest BCUT2D eigenvalue weighted by Crippen LogP contribution is 2.29. The van der Waals surface area contributed by atoms with Gasteiger partial charge in [0.25, 0.3) is 0 Å². The number of rotatable bonds is 9. The Morgan fingerprint density at radius 2 is 1.84 bits per heavy atom. The first-order valence-electron chi connectivity index (χ1n) is 10.8. The van der Waals surface area contributed by atoms with Crippen LogP contribution in [0.3, 0.4) is 0 Å². The van der Waals surface area contributed by atoms with E-state index in [1.165, 1.54) is 18.2 Å². The molecule has 0 amide bonds. The van der Waals surface area contributed by atoms with Gasteiger partial charge in [-0.2, -0.15) is 0 Å². The predicted molar refractivity (Wildman–Crippen MR) is 121 cm³/mol. The molecule has 31 heavy (non-hydrogen) atoms. The fourth-order valence-corrected chi connectivity index (χ4v) is 4.42. The van der Waals surface area contributed by atoms with Crippen LogP contribution in [0.1, 0.15) is 36.5 Å². The zero-order valence-electron chi connectivity index (χ0n) is 18.1. The molecule has 0 saturated heterocycles. The average Bonchev–Trinajstić information content (AvgIpc) is 2.73. The lowest BCUT2D eigenvalue weighted by molar-refractivity contribution is 0.00736. The fourth-order valence-electron chi connectivity index (χ4n) is 3.99. The summed E-state index contributed by atoms with van der Waals surface area (Å²) in [7, 11) is 2.56. The van der Waals surface area contributed by atoms with Crippen molar-refractivity contribution in [3.05, 3.63) is 64.7 Å². The van der Waals surface area contributed by atoms with Gasteiger partial charge < -0.3 is 14.9 Å². The number of hydrogen-bond acceptors (Lipinski definition) is 4. The fraction of sp³-hybridized carbons (Fsp3) is 0.500. The number of aliphatic hydroxyl groups is 2. The van der Waals surface area contributed by atoms with Crippen molar-refractivity contribution >= 4 is 9.39 Å². The Morgan fingerprint density at radius 3 is 2.61 bits per heavy atom. The molecule has 0 radical (unpaired) electrons. The summed E-state index contributed by atoms with van der Waals surface area (Å²) in [6.45, 7) is 4.66. The van der Waals surface area contributed by atoms with Crippen LogP contribution in [0.25, 0.3) is 0 Å². The Labute approximate surface area is 185 Å². The third kappa shape index (κ3) is 6.69. The summed E-state index contributed by atoms with van der Waals surface area (Å²) in [4.78, 5) is 0. The molecular formula is C24H32F2NO3P. The van der Waals surface area contributed by atoms with Crippen molar-refractivity contribution in [2.45, 2.75) is 57.8 Å². The van der Waals surface area contributed by atoms with Gasteiger partial charge in [0, 0.05) is 13.1 Å². The van der Waals surface area contributed by atoms with Crippen LogP contribution in [-0.4, -0.2) is 46.3 Å². The van der Waals surface area contributed by atoms with Crippen LogP contribution in [0, 0.1) is 24.5 Å². The molecule has 1 aliphatic heterocycles. The van der Waals surface area contributed by atoms with Gasteiger partial charge in [0.2, 0.25) is 0 Å². The van der Waals surface area contributed by atoms with E-state index in [1.807, 2.05) is 18.5 Å². The highest BCUT2D eigenvalue weighted by atomic mass is 31.0. The number of aryl methyl sites for hydroxylation is 3. The maximum atomic E-state index is 13.5. The Bertz CT molecular complexity index is 882. The van der Waals surface area contributed by atoms with Crippen LogP contribution < -0.4 is 4.74 Å². The van der Waals surface area contributed by atoms with E-state index >= 15 is 0 Å². The minimum atomic E-state index is -0.729. The second kappa shape index (κ2) is 10.8. The lowest BCUT2D eigenvalue weighted by Gasteiger charge is -2.32. The first-order chi connectivity index (χ1) is 14.7. The molecule has 0 aromatic heterocycles. The number of ether oxygens (including phenoxy) is 1. The van der Waals surface area contributed by atoms with E-state index in [9.17, 15) is 19.0 Å². The summed E-state index contributed by atoms with van der Waals surface area (Å²) in [6, 6.07) is 9.24. The number of aliphatic hydroxyl groups excluding tert-OH is 2. The molecule has 2 aromatic rings. The molecule has 7 heteroatoms. The minimum Gasteiger partial charge on any atom is -0.487 e. The number of halogens is 2. The molecule has 0 saturated carbocycles. The number of hydrogen-bond donors (Lipinski definition) is 2. The lowest BCUT2D eigenvalue weighted by atomic mass is 9.94. The Balaban J connectivity index is 1.45. The molecule has 1 heterocycles. The molecule has 2 aromatic carbocycles. The van der Waals surface area contributed by atoms with Gasteiger partial charge in [-0.1, -0.05) is 22.4 Å². The third-order valence-electron chi connectivity index (χ3n) is 6.11. The molecule has 1 unspecified atom stereocenters. The molecule has 0 bridgehead atoms. The Morgan fingerprint density at radius 1 is 1.13 bits per heavy atom. The smallest absolute Gasteiger partial charge is 0.126 e. The van der Waals surface area contributed by atoms with Gasteiger partial charge in [-0.25, -0.2) is 8.78 Å². The maximum Gasteiger partial charge on any atom is 0.126 e. The molecule has 0 fully saturated rings. The summed E-state index contributed by atoms with van der Waals surface area (Å²) in [6.07, 6.45) is 1.05. The number of benzene rings is 2. The van der Waals surface area contributed by atoms with Crippen molar-refractivity contribution in [3.63, 3.8) is 0 Å². The zero-order chi connectivity index (χ0) is 22.5. The zero-order valence-corrected chi connectivity index (χ0v) is 19.3. The van der Waals surface area contributed by atoms with Gasteiger partial charge >= 0.3 is 0 Å². The quantitative estimate of drug-likeness (QED) is 0.565. The van der Waals surface area contributed by atoms with Crippen molar-refractivity contribution in [2.75, 3.05) is 13.1 Å². The van der Waals surface area contributed by atoms with Crippen molar-refractivity contribution in [1.29, 1.82) is 0 Å². The second-order valence-corrected chi connectivity index (χ2v) is 9.35. The van der Waals surface area contributed by atoms with Crippen LogP contribution in [0.4, 0.5) is 8.78 Å². The first kappa shape index (κ1) is 24.1. The van der Waals surface area contributed by atoms with Crippen molar-refractivity contribution < 1.29 is 23.7 Å². The van der Waals surface area contributed by atoms with Crippen molar-refractivity contribution in [2.24, 2.45) is 5.92 Å². The summed E-state index contributed by atoms with van der Waals surface area (Å²) >= 11 is 0. The van der Waals surface area contributed by atoms with Crippen LogP contribution in [0.2, 0.25) is 0 Å². The van der Waals surface area contributed by atoms with Crippen LogP contribution in [-0.2, 0) is 12.8 Å². The van der Waals surface area contributed by atoms with E-state index < -0.39 is 12.2 Å². The van der Waals surface area contributed by atoms with Crippen LogP contribution >= 0.6 is 9.39 Å². The lowest BCUT2D eigenvalue weighted by Crippen LogP contribution is -2.42. The van der Waals surface area contributed by atoms with Gasteiger partial charge in [0.15, 0.2) is 0 Å². The summed E-state index contributed by atoms with van der Waals surface area (Å²) < 4.78 is 34.5. The van der Waals surface area contributed by atoms with Gasteiger partial charge in [-0.05, 0) is 85.5 Å². The standard InChI is InChI=1S/C24H32F2NO3P/c1-15-4-7-19(25)11-17(15)5-3-16(2)21(28)13-27(31)14-22(29)24-9-6-18-12-20(26)8-10-23(18)30-24/h4,7-8,10-12,16,21-22,24,28-29H,3,5-6,9,13-14,31H2,1-2H3/t16-,21-,22-,24+/m0/s1. The first-order valence-corrected chi connectivity index (χ1v) is 11.3. The minimum absolute atomic E-state index is 0.0237. The highest BCUT2D eigenvalue weighted by Gasteiger charge is 2.28. The normalized spacial score (nSPS) is 18.9. The molecule has 0 spiro atoms. The average molecular weight is 451 g/mol. The topological polar surface area (TPSA) is 52.9 Å². The number of nitrogens with zero attached hydrogens (tertiary/aromatic N) is 1. The molecule has 170 valence electrons. The van der Waals surface area contributed by atoms with E-state index in [-0.39, 0.29) is 23.7 Å². The molecule has 4 nitrogen and oxygen atoms in total. The van der Waals surface area contributed by atoms with Crippen LogP contribution in [0.5, 0.6) is 5.75 Å². The Hall–Kier alpha value is -1.59. The number of fused-ring (bicyclic) bond motifs is 1. The van der Waals surface area contributed by atoms with Crippen molar-refractivity contribution in [1.82, 2.24) is 4.67 Å². The largest absolute Gasteiger partial charge is 0.487 e. The molecule has 5 atom stereocenters. The van der Waals surface area contributed by atoms with E-state index in [1.54, 1.807) is 18.2 Å². The van der Waals surface area contributed by atoms with E-state index in [0.29, 0.717) is 38.1 Å². The molecular weight excluding hydrogens is 419 g/mol. The highest BCUT2D eigenvalue weighted by molar-refractivity contribution is 7.13. The SMILES string of the molecule is Cc1ccc(F)cc1CC[C@H](C)[C@@H](O)CN(P)C[C@H](O)[C@H]1CCc2cc(F)ccc2O1. The molecule has 1 aliphatic rings. The monoisotopic (exact) mass is 451 g/mol. The Kier molecular flexibility index (Phi) is 8.40. The molecule has 0 aliphatic carbocycles. The van der Waals surface area contributed by atoms with Gasteiger partial charge in [-0.3, -0.25) is 4.67 Å². The predicted octanol–water partition coefficient (Wildman–Crippen LogP) is 4.05. The molecule has 3 rings (SSSR count). The maximum absolute atomic E-state index is 13.5.